The highest BCUT2D eigenvalue weighted by molar-refractivity contribution is 7.89. The zero-order valence-corrected chi connectivity index (χ0v) is 12.4. The molecule has 1 rings (SSSR count). The monoisotopic (exact) mass is 322 g/mol. The highest BCUT2D eigenvalue weighted by Crippen LogP contribution is 2.26. The molecule has 0 bridgehead atoms. The molecule has 0 saturated heterocycles. The Kier molecular flexibility index (Phi) is 6.34. The molecule has 9 heteroatoms. The van der Waals surface area contributed by atoms with Crippen molar-refractivity contribution in [3.8, 4) is 0 Å². The first-order valence-electron chi connectivity index (χ1n) is 5.81. The lowest BCUT2D eigenvalue weighted by Gasteiger charge is -2.07. The summed E-state index contributed by atoms with van der Waals surface area (Å²) in [5.41, 5.74) is -0.540. The van der Waals surface area contributed by atoms with Crippen LogP contribution in [0.5, 0.6) is 0 Å². The van der Waals surface area contributed by atoms with Crippen LogP contribution >= 0.6 is 11.6 Å². The van der Waals surface area contributed by atoms with Crippen LogP contribution in [-0.4, -0.2) is 33.6 Å². The number of nitro benzene ring substituents is 1. The summed E-state index contributed by atoms with van der Waals surface area (Å²) in [7, 11) is -2.37. The normalized spacial score (nSPS) is 11.5. The molecule has 0 aromatic heterocycles. The maximum atomic E-state index is 12.0. The SMILES string of the molecule is COCCCCNS(=O)(=O)c1ccc(Cl)cc1[N+](=O)[O-]. The molecule has 0 amide bonds. The van der Waals surface area contributed by atoms with Crippen LogP contribution in [0.1, 0.15) is 12.8 Å². The average Bonchev–Trinajstić information content (AvgIpc) is 2.38. The van der Waals surface area contributed by atoms with Crippen molar-refractivity contribution < 1.29 is 18.1 Å². The van der Waals surface area contributed by atoms with Gasteiger partial charge < -0.3 is 4.74 Å². The molecule has 0 aliphatic heterocycles. The number of nitro groups is 1. The molecule has 0 unspecified atom stereocenters. The van der Waals surface area contributed by atoms with E-state index in [0.29, 0.717) is 19.4 Å². The van der Waals surface area contributed by atoms with E-state index in [2.05, 4.69) is 4.72 Å². The Balaban J connectivity index is 2.84. The lowest BCUT2D eigenvalue weighted by molar-refractivity contribution is -0.387. The lowest BCUT2D eigenvalue weighted by atomic mass is 10.3. The minimum atomic E-state index is -3.93. The second-order valence-electron chi connectivity index (χ2n) is 3.97. The number of hydrogen-bond donors (Lipinski definition) is 1. The van der Waals surface area contributed by atoms with Crippen LogP contribution in [0.25, 0.3) is 0 Å². The van der Waals surface area contributed by atoms with Crippen LogP contribution in [0.4, 0.5) is 5.69 Å². The summed E-state index contributed by atoms with van der Waals surface area (Å²) in [6, 6.07) is 3.44. The first-order chi connectivity index (χ1) is 9.38. The maximum absolute atomic E-state index is 12.0. The Morgan fingerprint density at radius 1 is 1.40 bits per heavy atom. The van der Waals surface area contributed by atoms with E-state index in [-0.39, 0.29) is 11.6 Å². The van der Waals surface area contributed by atoms with E-state index in [4.69, 9.17) is 16.3 Å². The fraction of sp³-hybridized carbons (Fsp3) is 0.455. The molecule has 7 nitrogen and oxygen atoms in total. The number of nitrogens with zero attached hydrogens (tertiary/aromatic N) is 1. The van der Waals surface area contributed by atoms with Crippen molar-refractivity contribution in [3.05, 3.63) is 33.3 Å². The average molecular weight is 323 g/mol. The topological polar surface area (TPSA) is 98.5 Å². The predicted octanol–water partition coefficient (Wildman–Crippen LogP) is 1.95. The summed E-state index contributed by atoms with van der Waals surface area (Å²) in [5.74, 6) is 0. The van der Waals surface area contributed by atoms with E-state index in [1.54, 1.807) is 7.11 Å². The van der Waals surface area contributed by atoms with E-state index in [9.17, 15) is 18.5 Å². The van der Waals surface area contributed by atoms with Crippen molar-refractivity contribution in [2.45, 2.75) is 17.7 Å². The number of benzene rings is 1. The third kappa shape index (κ3) is 4.71. The zero-order chi connectivity index (χ0) is 15.2. The fourth-order valence-electron chi connectivity index (χ4n) is 1.52. The van der Waals surface area contributed by atoms with Gasteiger partial charge >= 0.3 is 0 Å². The van der Waals surface area contributed by atoms with Gasteiger partial charge in [0.05, 0.1) is 4.92 Å². The van der Waals surface area contributed by atoms with Gasteiger partial charge in [-0.1, -0.05) is 11.6 Å². The zero-order valence-electron chi connectivity index (χ0n) is 10.8. The predicted molar refractivity (Wildman–Crippen MR) is 74.4 cm³/mol. The first kappa shape index (κ1) is 16.8. The van der Waals surface area contributed by atoms with Gasteiger partial charge in [-0.3, -0.25) is 10.1 Å². The fourth-order valence-corrected chi connectivity index (χ4v) is 2.91. The van der Waals surface area contributed by atoms with Gasteiger partial charge in [-0.05, 0) is 25.0 Å². The molecule has 112 valence electrons. The number of sulfonamides is 1. The van der Waals surface area contributed by atoms with Crippen molar-refractivity contribution in [1.82, 2.24) is 4.72 Å². The molecule has 20 heavy (non-hydrogen) atoms. The summed E-state index contributed by atoms with van der Waals surface area (Å²) in [6.07, 6.45) is 1.27. The number of methoxy groups -OCH3 is 1. The summed E-state index contributed by atoms with van der Waals surface area (Å²) in [5, 5.41) is 11.0. The number of ether oxygens (including phenoxy) is 1. The minimum absolute atomic E-state index is 0.107. The van der Waals surface area contributed by atoms with Gasteiger partial charge in [0, 0.05) is 31.4 Å². The molecule has 0 radical (unpaired) electrons. The van der Waals surface area contributed by atoms with Crippen molar-refractivity contribution in [1.29, 1.82) is 0 Å². The molecule has 0 aliphatic rings. The second kappa shape index (κ2) is 7.53. The van der Waals surface area contributed by atoms with Crippen LogP contribution < -0.4 is 4.72 Å². The highest BCUT2D eigenvalue weighted by Gasteiger charge is 2.25. The number of nitrogens with one attached hydrogen (secondary N) is 1. The summed E-state index contributed by atoms with van der Waals surface area (Å²) in [6.45, 7) is 0.717. The summed E-state index contributed by atoms with van der Waals surface area (Å²) in [4.78, 5) is 9.71. The van der Waals surface area contributed by atoms with Gasteiger partial charge in [-0.25, -0.2) is 13.1 Å². The molecule has 0 heterocycles. The maximum Gasteiger partial charge on any atom is 0.290 e. The van der Waals surface area contributed by atoms with Crippen LogP contribution in [0.3, 0.4) is 0 Å². The molecule has 0 spiro atoms. The molecule has 0 aliphatic carbocycles. The number of hydrogen-bond acceptors (Lipinski definition) is 5. The highest BCUT2D eigenvalue weighted by atomic mass is 35.5. The molecule has 0 atom stereocenters. The standard InChI is InChI=1S/C11H15ClN2O5S/c1-19-7-3-2-6-13-20(17,18)11-5-4-9(12)8-10(11)14(15)16/h4-5,8,13H,2-3,6-7H2,1H3. The van der Waals surface area contributed by atoms with Gasteiger partial charge in [-0.15, -0.1) is 0 Å². The number of halogens is 1. The lowest BCUT2D eigenvalue weighted by Crippen LogP contribution is -2.25. The van der Waals surface area contributed by atoms with Crippen molar-refractivity contribution in [3.63, 3.8) is 0 Å². The summed E-state index contributed by atoms with van der Waals surface area (Å²) >= 11 is 5.64. The quantitative estimate of drug-likeness (QED) is 0.448. The van der Waals surface area contributed by atoms with Crippen molar-refractivity contribution in [2.24, 2.45) is 0 Å². The van der Waals surface area contributed by atoms with E-state index >= 15 is 0 Å². The van der Waals surface area contributed by atoms with Gasteiger partial charge in [0.15, 0.2) is 4.90 Å². The molecule has 1 aromatic rings. The number of rotatable bonds is 8. The minimum Gasteiger partial charge on any atom is -0.385 e. The Morgan fingerprint density at radius 3 is 2.70 bits per heavy atom. The molecule has 0 saturated carbocycles. The van der Waals surface area contributed by atoms with Gasteiger partial charge in [0.1, 0.15) is 0 Å². The van der Waals surface area contributed by atoms with Crippen LogP contribution in [0, 0.1) is 10.1 Å². The van der Waals surface area contributed by atoms with Crippen LogP contribution in [0.15, 0.2) is 23.1 Å². The molecule has 1 aromatic carbocycles. The largest absolute Gasteiger partial charge is 0.385 e. The molecule has 1 N–H and O–H groups in total. The van der Waals surface area contributed by atoms with Gasteiger partial charge in [0.2, 0.25) is 10.0 Å². The smallest absolute Gasteiger partial charge is 0.290 e. The molecule has 0 fully saturated rings. The molecular formula is C11H15ClN2O5S. The van der Waals surface area contributed by atoms with Crippen molar-refractivity contribution >= 4 is 27.3 Å². The Bertz CT molecular complexity index is 576. The van der Waals surface area contributed by atoms with E-state index in [1.165, 1.54) is 6.07 Å². The van der Waals surface area contributed by atoms with Crippen LogP contribution in [0.2, 0.25) is 5.02 Å². The molecular weight excluding hydrogens is 308 g/mol. The number of unbranched alkanes of at least 4 members (excludes halogenated alkanes) is 1. The van der Waals surface area contributed by atoms with Gasteiger partial charge in [0.25, 0.3) is 5.69 Å². The van der Waals surface area contributed by atoms with Crippen molar-refractivity contribution in [2.75, 3.05) is 20.3 Å². The van der Waals surface area contributed by atoms with Gasteiger partial charge in [-0.2, -0.15) is 0 Å². The Hall–Kier alpha value is -1.22. The summed E-state index contributed by atoms with van der Waals surface area (Å²) < 4.78 is 31.2. The Morgan fingerprint density at radius 2 is 2.10 bits per heavy atom. The third-order valence-corrected chi connectivity index (χ3v) is 4.22. The second-order valence-corrected chi connectivity index (χ2v) is 6.14. The first-order valence-corrected chi connectivity index (χ1v) is 7.67. The Labute approximate surface area is 122 Å². The van der Waals surface area contributed by atoms with E-state index < -0.39 is 25.5 Å². The van der Waals surface area contributed by atoms with E-state index in [0.717, 1.165) is 12.1 Å². The van der Waals surface area contributed by atoms with E-state index in [1.807, 2.05) is 0 Å². The van der Waals surface area contributed by atoms with Crippen LogP contribution in [-0.2, 0) is 14.8 Å². The third-order valence-electron chi connectivity index (χ3n) is 2.47.